The van der Waals surface area contributed by atoms with Crippen molar-refractivity contribution in [3.63, 3.8) is 0 Å². The first-order chi connectivity index (χ1) is 7.53. The third kappa shape index (κ3) is 1.81. The van der Waals surface area contributed by atoms with Gasteiger partial charge in [-0.1, -0.05) is 12.1 Å². The van der Waals surface area contributed by atoms with Crippen molar-refractivity contribution in [1.29, 1.82) is 0 Å². The van der Waals surface area contributed by atoms with Crippen LogP contribution in [0.25, 0.3) is 5.57 Å². The van der Waals surface area contributed by atoms with E-state index < -0.39 is 0 Å². The van der Waals surface area contributed by atoms with E-state index in [0.29, 0.717) is 0 Å². The Kier molecular flexibility index (Phi) is 2.46. The van der Waals surface area contributed by atoms with Crippen molar-refractivity contribution >= 4 is 11.5 Å². The molecule has 0 fully saturated rings. The van der Waals surface area contributed by atoms with E-state index in [0.717, 1.165) is 16.9 Å². The average Bonchev–Trinajstić information content (AvgIpc) is 2.52. The first-order valence-electron chi connectivity index (χ1n) is 5.22. The van der Waals surface area contributed by atoms with Gasteiger partial charge >= 0.3 is 0 Å². The van der Waals surface area contributed by atoms with Crippen molar-refractivity contribution in [3.8, 4) is 5.75 Å². The van der Waals surface area contributed by atoms with Crippen LogP contribution >= 0.6 is 0 Å². The summed E-state index contributed by atoms with van der Waals surface area (Å²) in [4.78, 5) is 11.4. The van der Waals surface area contributed by atoms with Crippen LogP contribution in [0.1, 0.15) is 19.4 Å². The quantitative estimate of drug-likeness (QED) is 0.822. The van der Waals surface area contributed by atoms with E-state index in [1.165, 1.54) is 0 Å². The van der Waals surface area contributed by atoms with Gasteiger partial charge in [-0.3, -0.25) is 4.79 Å². The molecule has 1 N–H and O–H groups in total. The van der Waals surface area contributed by atoms with Gasteiger partial charge in [0.2, 0.25) is 5.91 Å². The summed E-state index contributed by atoms with van der Waals surface area (Å²) in [6.45, 7) is 3.99. The minimum Gasteiger partial charge on any atom is -0.497 e. The van der Waals surface area contributed by atoms with E-state index in [4.69, 9.17) is 4.74 Å². The molecular formula is C13H15NO2. The molecule has 0 spiro atoms. The number of nitrogens with one attached hydrogen (secondary N) is 1. The smallest absolute Gasteiger partial charge is 0.245 e. The number of amides is 1. The summed E-state index contributed by atoms with van der Waals surface area (Å²) in [5.74, 6) is 0.787. The number of benzene rings is 1. The highest BCUT2D eigenvalue weighted by atomic mass is 16.5. The summed E-state index contributed by atoms with van der Waals surface area (Å²) in [5, 5.41) is 2.91. The molecule has 1 aliphatic rings. The molecule has 1 aliphatic heterocycles. The van der Waals surface area contributed by atoms with Crippen molar-refractivity contribution < 1.29 is 9.53 Å². The van der Waals surface area contributed by atoms with E-state index in [9.17, 15) is 4.79 Å². The number of carbonyl (C=O) groups is 1. The van der Waals surface area contributed by atoms with Crippen LogP contribution in [0.5, 0.6) is 5.75 Å². The second-order valence-electron chi connectivity index (χ2n) is 4.40. The number of hydrogen-bond donors (Lipinski definition) is 1. The first kappa shape index (κ1) is 10.7. The Morgan fingerprint density at radius 1 is 1.19 bits per heavy atom. The number of rotatable bonds is 2. The minimum absolute atomic E-state index is 0.0316. The van der Waals surface area contributed by atoms with Crippen LogP contribution in [-0.2, 0) is 4.79 Å². The van der Waals surface area contributed by atoms with Gasteiger partial charge in [-0.05, 0) is 37.1 Å². The van der Waals surface area contributed by atoms with Crippen LogP contribution in [0.3, 0.4) is 0 Å². The number of hydrogen-bond acceptors (Lipinski definition) is 2. The highest BCUT2D eigenvalue weighted by Gasteiger charge is 2.31. The Morgan fingerprint density at radius 3 is 2.25 bits per heavy atom. The summed E-state index contributed by atoms with van der Waals surface area (Å²) in [5.41, 5.74) is 1.76. The first-order valence-corrected chi connectivity index (χ1v) is 5.22. The second-order valence-corrected chi connectivity index (χ2v) is 4.40. The lowest BCUT2D eigenvalue weighted by molar-refractivity contribution is -0.116. The maximum atomic E-state index is 11.4. The van der Waals surface area contributed by atoms with E-state index in [1.54, 1.807) is 13.2 Å². The monoisotopic (exact) mass is 217 g/mol. The standard InChI is InChI=1S/C13H15NO2/c1-13(2)11(8-12(15)14-13)9-4-6-10(16-3)7-5-9/h4-8H,1-3H3,(H,14,15). The van der Waals surface area contributed by atoms with Crippen molar-refractivity contribution in [2.45, 2.75) is 19.4 Å². The summed E-state index contributed by atoms with van der Waals surface area (Å²) < 4.78 is 5.10. The molecule has 3 heteroatoms. The predicted molar refractivity (Wildman–Crippen MR) is 63.2 cm³/mol. The molecule has 2 rings (SSSR count). The highest BCUT2D eigenvalue weighted by molar-refractivity contribution is 6.03. The normalized spacial score (nSPS) is 17.9. The summed E-state index contributed by atoms with van der Waals surface area (Å²) in [7, 11) is 1.64. The van der Waals surface area contributed by atoms with E-state index >= 15 is 0 Å². The lowest BCUT2D eigenvalue weighted by atomic mass is 9.90. The molecule has 0 aliphatic carbocycles. The molecule has 1 aromatic carbocycles. The highest BCUT2D eigenvalue weighted by Crippen LogP contribution is 2.31. The van der Waals surface area contributed by atoms with Crippen molar-refractivity contribution in [2.24, 2.45) is 0 Å². The van der Waals surface area contributed by atoms with Crippen LogP contribution in [0, 0.1) is 0 Å². The van der Waals surface area contributed by atoms with Gasteiger partial charge < -0.3 is 10.1 Å². The predicted octanol–water partition coefficient (Wildman–Crippen LogP) is 1.99. The molecule has 0 atom stereocenters. The third-order valence-electron chi connectivity index (χ3n) is 2.79. The van der Waals surface area contributed by atoms with Crippen LogP contribution in [0.15, 0.2) is 30.3 Å². The Hall–Kier alpha value is -1.77. The average molecular weight is 217 g/mol. The molecule has 0 radical (unpaired) electrons. The summed E-state index contributed by atoms with van der Waals surface area (Å²) in [6, 6.07) is 7.73. The van der Waals surface area contributed by atoms with Crippen molar-refractivity contribution in [1.82, 2.24) is 5.32 Å². The Labute approximate surface area is 95.1 Å². The lowest BCUT2D eigenvalue weighted by Crippen LogP contribution is -2.37. The van der Waals surface area contributed by atoms with Gasteiger partial charge in [-0.15, -0.1) is 0 Å². The van der Waals surface area contributed by atoms with Crippen LogP contribution in [-0.4, -0.2) is 18.6 Å². The molecule has 0 saturated carbocycles. The molecular weight excluding hydrogens is 202 g/mol. The van der Waals surface area contributed by atoms with Gasteiger partial charge in [0.05, 0.1) is 12.6 Å². The largest absolute Gasteiger partial charge is 0.497 e. The zero-order valence-electron chi connectivity index (χ0n) is 9.70. The van der Waals surface area contributed by atoms with Crippen LogP contribution in [0.4, 0.5) is 0 Å². The zero-order valence-corrected chi connectivity index (χ0v) is 9.70. The van der Waals surface area contributed by atoms with Crippen LogP contribution < -0.4 is 10.1 Å². The molecule has 16 heavy (non-hydrogen) atoms. The van der Waals surface area contributed by atoms with E-state index in [1.807, 2.05) is 38.1 Å². The zero-order chi connectivity index (χ0) is 11.8. The molecule has 0 unspecified atom stereocenters. The summed E-state index contributed by atoms with van der Waals surface area (Å²) >= 11 is 0. The molecule has 3 nitrogen and oxygen atoms in total. The van der Waals surface area contributed by atoms with Crippen molar-refractivity contribution in [3.05, 3.63) is 35.9 Å². The Morgan fingerprint density at radius 2 is 1.81 bits per heavy atom. The fourth-order valence-corrected chi connectivity index (χ4v) is 1.94. The minimum atomic E-state index is -0.300. The lowest BCUT2D eigenvalue weighted by Gasteiger charge is -2.23. The molecule has 84 valence electrons. The van der Waals surface area contributed by atoms with E-state index in [2.05, 4.69) is 5.32 Å². The fraction of sp³-hybridized carbons (Fsp3) is 0.308. The SMILES string of the molecule is COc1ccc(C2=CC(=O)NC2(C)C)cc1. The van der Waals surface area contributed by atoms with E-state index in [-0.39, 0.29) is 11.4 Å². The molecule has 0 aromatic heterocycles. The van der Waals surface area contributed by atoms with Gasteiger partial charge in [0.15, 0.2) is 0 Å². The number of methoxy groups -OCH3 is 1. The molecule has 1 heterocycles. The maximum Gasteiger partial charge on any atom is 0.245 e. The Bertz CT molecular complexity index is 444. The van der Waals surface area contributed by atoms with Crippen LogP contribution in [0.2, 0.25) is 0 Å². The number of carbonyl (C=O) groups excluding carboxylic acids is 1. The number of ether oxygens (including phenoxy) is 1. The Balaban J connectivity index is 2.37. The van der Waals surface area contributed by atoms with Crippen molar-refractivity contribution in [2.75, 3.05) is 7.11 Å². The van der Waals surface area contributed by atoms with Gasteiger partial charge in [-0.2, -0.15) is 0 Å². The molecule has 1 aromatic rings. The fourth-order valence-electron chi connectivity index (χ4n) is 1.94. The van der Waals surface area contributed by atoms with Gasteiger partial charge in [0, 0.05) is 6.08 Å². The van der Waals surface area contributed by atoms with Gasteiger partial charge in [0.1, 0.15) is 5.75 Å². The molecule has 0 saturated heterocycles. The maximum absolute atomic E-state index is 11.4. The van der Waals surface area contributed by atoms with Gasteiger partial charge in [0.25, 0.3) is 0 Å². The van der Waals surface area contributed by atoms with Gasteiger partial charge in [-0.25, -0.2) is 0 Å². The topological polar surface area (TPSA) is 38.3 Å². The molecule has 0 bridgehead atoms. The third-order valence-corrected chi connectivity index (χ3v) is 2.79. The summed E-state index contributed by atoms with van der Waals surface area (Å²) in [6.07, 6.45) is 1.65. The second kappa shape index (κ2) is 3.67. The molecule has 1 amide bonds.